The van der Waals surface area contributed by atoms with Crippen LogP contribution < -0.4 is 5.32 Å². The van der Waals surface area contributed by atoms with E-state index >= 15 is 0 Å². The Hall–Kier alpha value is -2.48. The molecule has 3 unspecified atom stereocenters. The molecule has 2 aromatic rings. The first-order valence-corrected chi connectivity index (χ1v) is 11.1. The van der Waals surface area contributed by atoms with E-state index in [2.05, 4.69) is 5.32 Å². The zero-order valence-electron chi connectivity index (χ0n) is 17.5. The molecule has 0 radical (unpaired) electrons. The highest BCUT2D eigenvalue weighted by Crippen LogP contribution is 2.43. The predicted octanol–water partition coefficient (Wildman–Crippen LogP) is 5.12. The van der Waals surface area contributed by atoms with Crippen LogP contribution in [0, 0.1) is 5.92 Å². The van der Waals surface area contributed by atoms with Crippen molar-refractivity contribution in [1.82, 2.24) is 10.2 Å². The van der Waals surface area contributed by atoms with Crippen LogP contribution in [0.3, 0.4) is 0 Å². The summed E-state index contributed by atoms with van der Waals surface area (Å²) < 4.78 is 38.9. The average molecular weight is 451 g/mol. The summed E-state index contributed by atoms with van der Waals surface area (Å²) in [5.41, 5.74) is 0.228. The van der Waals surface area contributed by atoms with E-state index in [1.807, 2.05) is 20.8 Å². The van der Waals surface area contributed by atoms with Gasteiger partial charge >= 0.3 is 6.18 Å². The van der Waals surface area contributed by atoms with E-state index in [0.29, 0.717) is 16.9 Å². The fourth-order valence-electron chi connectivity index (χ4n) is 3.27. The molecular formula is C23H25F3N2O2S. The molecule has 0 aromatic heterocycles. The molecule has 8 heteroatoms. The SMILES string of the molecule is CC(C)C(C)NC(=O)C1CSC(c2ccc(C(F)(F)F)cc2)N1C(=O)c1ccccc1. The molecule has 1 fully saturated rings. The lowest BCUT2D eigenvalue weighted by Crippen LogP contribution is -2.50. The fourth-order valence-corrected chi connectivity index (χ4v) is 4.70. The lowest BCUT2D eigenvalue weighted by molar-refractivity contribution is -0.137. The van der Waals surface area contributed by atoms with Gasteiger partial charge in [0.1, 0.15) is 11.4 Å². The number of benzene rings is 2. The van der Waals surface area contributed by atoms with Gasteiger partial charge in [0.15, 0.2) is 0 Å². The number of hydrogen-bond donors (Lipinski definition) is 1. The molecule has 3 atom stereocenters. The number of hydrogen-bond acceptors (Lipinski definition) is 3. The van der Waals surface area contributed by atoms with Gasteiger partial charge in [0.05, 0.1) is 5.56 Å². The predicted molar refractivity (Wildman–Crippen MR) is 115 cm³/mol. The molecule has 4 nitrogen and oxygen atoms in total. The number of rotatable bonds is 5. The van der Waals surface area contributed by atoms with Crippen molar-refractivity contribution in [3.05, 3.63) is 71.3 Å². The van der Waals surface area contributed by atoms with Crippen molar-refractivity contribution in [2.24, 2.45) is 5.92 Å². The van der Waals surface area contributed by atoms with Gasteiger partial charge in [0.2, 0.25) is 5.91 Å². The van der Waals surface area contributed by atoms with Crippen LogP contribution in [0.1, 0.15) is 47.6 Å². The van der Waals surface area contributed by atoms with Crippen LogP contribution in [-0.2, 0) is 11.0 Å². The Morgan fingerprint density at radius 3 is 2.19 bits per heavy atom. The smallest absolute Gasteiger partial charge is 0.352 e. The van der Waals surface area contributed by atoms with Crippen LogP contribution in [0.25, 0.3) is 0 Å². The molecule has 0 aliphatic carbocycles. The quantitative estimate of drug-likeness (QED) is 0.688. The average Bonchev–Trinajstić information content (AvgIpc) is 3.18. The second-order valence-corrected chi connectivity index (χ2v) is 9.05. The van der Waals surface area contributed by atoms with Gasteiger partial charge in [0, 0.05) is 17.4 Å². The minimum absolute atomic E-state index is 0.0729. The van der Waals surface area contributed by atoms with Crippen LogP contribution in [0.15, 0.2) is 54.6 Å². The molecule has 0 spiro atoms. The van der Waals surface area contributed by atoms with Crippen LogP contribution in [0.4, 0.5) is 13.2 Å². The minimum atomic E-state index is -4.43. The molecule has 31 heavy (non-hydrogen) atoms. The standard InChI is InChI=1S/C23H25F3N2O2S/c1-14(2)15(3)27-20(29)19-13-31-22(17-9-11-18(12-10-17)23(24,25)26)28(19)21(30)16-7-5-4-6-8-16/h4-12,14-15,19,22H,13H2,1-3H3,(H,27,29). The zero-order chi connectivity index (χ0) is 22.8. The van der Waals surface area contributed by atoms with E-state index in [0.717, 1.165) is 12.1 Å². The summed E-state index contributed by atoms with van der Waals surface area (Å²) in [6.45, 7) is 5.89. The van der Waals surface area contributed by atoms with Gasteiger partial charge in [-0.2, -0.15) is 13.2 Å². The summed E-state index contributed by atoms with van der Waals surface area (Å²) >= 11 is 1.37. The Morgan fingerprint density at radius 1 is 1.03 bits per heavy atom. The largest absolute Gasteiger partial charge is 0.416 e. The maximum Gasteiger partial charge on any atom is 0.416 e. The third-order valence-corrected chi connectivity index (χ3v) is 6.77. The molecule has 1 saturated heterocycles. The van der Waals surface area contributed by atoms with Crippen molar-refractivity contribution in [3.63, 3.8) is 0 Å². The van der Waals surface area contributed by atoms with E-state index in [9.17, 15) is 22.8 Å². The fraction of sp³-hybridized carbons (Fsp3) is 0.391. The summed E-state index contributed by atoms with van der Waals surface area (Å²) in [5.74, 6) is 0.00297. The molecule has 166 valence electrons. The molecular weight excluding hydrogens is 425 g/mol. The Kier molecular flexibility index (Phi) is 6.99. The van der Waals surface area contributed by atoms with Crippen molar-refractivity contribution in [2.45, 2.75) is 44.4 Å². The van der Waals surface area contributed by atoms with E-state index in [-0.39, 0.29) is 23.8 Å². The summed E-state index contributed by atoms with van der Waals surface area (Å²) in [6, 6.07) is 12.6. The first-order valence-electron chi connectivity index (χ1n) is 10.1. The number of amides is 2. The minimum Gasteiger partial charge on any atom is -0.352 e. The molecule has 2 aromatic carbocycles. The van der Waals surface area contributed by atoms with E-state index in [1.165, 1.54) is 28.8 Å². The first kappa shape index (κ1) is 23.2. The van der Waals surface area contributed by atoms with Crippen LogP contribution in [0.5, 0.6) is 0 Å². The van der Waals surface area contributed by atoms with Gasteiger partial charge in [-0.3, -0.25) is 9.59 Å². The van der Waals surface area contributed by atoms with Gasteiger partial charge < -0.3 is 10.2 Å². The Balaban J connectivity index is 1.93. The normalized spacial score (nSPS) is 20.0. The van der Waals surface area contributed by atoms with Crippen LogP contribution in [-0.4, -0.2) is 34.6 Å². The number of halogens is 3. The highest BCUT2D eigenvalue weighted by atomic mass is 32.2. The van der Waals surface area contributed by atoms with Gasteiger partial charge in [-0.05, 0) is 42.7 Å². The molecule has 1 heterocycles. The summed E-state index contributed by atoms with van der Waals surface area (Å²) in [7, 11) is 0. The molecule has 3 rings (SSSR count). The lowest BCUT2D eigenvalue weighted by Gasteiger charge is -2.30. The molecule has 1 N–H and O–H groups in total. The number of carbonyl (C=O) groups excluding carboxylic acids is 2. The molecule has 0 bridgehead atoms. The Labute approximate surface area is 184 Å². The summed E-state index contributed by atoms with van der Waals surface area (Å²) in [6.07, 6.45) is -4.43. The van der Waals surface area contributed by atoms with Gasteiger partial charge in [-0.1, -0.05) is 44.2 Å². The van der Waals surface area contributed by atoms with Crippen LogP contribution in [0.2, 0.25) is 0 Å². The second-order valence-electron chi connectivity index (χ2n) is 7.94. The zero-order valence-corrected chi connectivity index (χ0v) is 18.3. The second kappa shape index (κ2) is 9.34. The third-order valence-electron chi connectivity index (χ3n) is 5.45. The molecule has 2 amide bonds. The van der Waals surface area contributed by atoms with Crippen molar-refractivity contribution in [1.29, 1.82) is 0 Å². The summed E-state index contributed by atoms with van der Waals surface area (Å²) in [5, 5.41) is 2.41. The van der Waals surface area contributed by atoms with Crippen molar-refractivity contribution >= 4 is 23.6 Å². The van der Waals surface area contributed by atoms with Crippen molar-refractivity contribution in [2.75, 3.05) is 5.75 Å². The van der Waals surface area contributed by atoms with Gasteiger partial charge in [-0.25, -0.2) is 0 Å². The van der Waals surface area contributed by atoms with Crippen molar-refractivity contribution in [3.8, 4) is 0 Å². The maximum absolute atomic E-state index is 13.3. The van der Waals surface area contributed by atoms with Crippen molar-refractivity contribution < 1.29 is 22.8 Å². The molecule has 1 aliphatic heterocycles. The number of thioether (sulfide) groups is 1. The van der Waals surface area contributed by atoms with Gasteiger partial charge in [0.25, 0.3) is 5.91 Å². The molecule has 0 saturated carbocycles. The lowest BCUT2D eigenvalue weighted by atomic mass is 10.1. The number of carbonyl (C=O) groups is 2. The number of nitrogens with zero attached hydrogens (tertiary/aromatic N) is 1. The first-order chi connectivity index (χ1) is 14.6. The topological polar surface area (TPSA) is 49.4 Å². The number of alkyl halides is 3. The molecule has 1 aliphatic rings. The number of nitrogens with one attached hydrogen (secondary N) is 1. The van der Waals surface area contributed by atoms with Gasteiger partial charge in [-0.15, -0.1) is 11.8 Å². The third kappa shape index (κ3) is 5.23. The van der Waals surface area contributed by atoms with E-state index in [1.54, 1.807) is 30.3 Å². The summed E-state index contributed by atoms with van der Waals surface area (Å²) in [4.78, 5) is 27.8. The Bertz CT molecular complexity index is 917. The highest BCUT2D eigenvalue weighted by molar-refractivity contribution is 7.99. The van der Waals surface area contributed by atoms with E-state index in [4.69, 9.17) is 0 Å². The monoisotopic (exact) mass is 450 g/mol. The van der Waals surface area contributed by atoms with E-state index < -0.39 is 23.2 Å². The maximum atomic E-state index is 13.3. The highest BCUT2D eigenvalue weighted by Gasteiger charge is 2.43. The Morgan fingerprint density at radius 2 is 1.65 bits per heavy atom. The van der Waals surface area contributed by atoms with Crippen LogP contribution >= 0.6 is 11.8 Å².